The molecule has 3 aromatic rings. The molecule has 26 heteroatoms. The van der Waals surface area contributed by atoms with Crippen molar-refractivity contribution in [3.8, 4) is 0 Å². The van der Waals surface area contributed by atoms with Gasteiger partial charge in [-0.3, -0.25) is 52.9 Å². The molecule has 24 nitrogen and oxygen atoms in total. The number of nitrogens with two attached hydrogens (primary N) is 5. The second-order valence-electron chi connectivity index (χ2n) is 19.0. The van der Waals surface area contributed by atoms with Gasteiger partial charge in [0.15, 0.2) is 5.96 Å². The highest BCUT2D eigenvalue weighted by Crippen LogP contribution is 2.20. The van der Waals surface area contributed by atoms with Gasteiger partial charge in [0.1, 0.15) is 42.3 Å². The largest absolute Gasteiger partial charge is 0.370 e. The van der Waals surface area contributed by atoms with Gasteiger partial charge in [-0.25, -0.2) is 0 Å². The number of aliphatic imine (C=N–C) groups is 1. The first-order valence-electron chi connectivity index (χ1n) is 25.3. The maximum atomic E-state index is 14.4. The van der Waals surface area contributed by atoms with Crippen molar-refractivity contribution in [1.82, 2.24) is 42.1 Å². The number of nitrogens with one attached hydrogen (secondary N) is 7. The highest BCUT2D eigenvalue weighted by molar-refractivity contribution is 7.80. The Morgan fingerprint density at radius 3 is 1.69 bits per heavy atom. The number of benzene rings is 3. The molecule has 10 amide bonds. The number of amides is 10. The predicted octanol–water partition coefficient (Wildman–Crippen LogP) is -2.29. The Balaban J connectivity index is 1.51. The molecule has 1 saturated heterocycles. The van der Waals surface area contributed by atoms with E-state index in [9.17, 15) is 47.9 Å². The summed E-state index contributed by atoms with van der Waals surface area (Å²) in [5, 5.41) is 18.7. The van der Waals surface area contributed by atoms with Crippen LogP contribution in [0.3, 0.4) is 0 Å². The first-order chi connectivity index (χ1) is 37.1. The van der Waals surface area contributed by atoms with Crippen LogP contribution in [0.15, 0.2) is 89.9 Å². The average molecular weight is 1120 g/mol. The van der Waals surface area contributed by atoms with Crippen molar-refractivity contribution in [2.45, 2.75) is 114 Å². The third kappa shape index (κ3) is 20.6. The van der Waals surface area contributed by atoms with E-state index in [1.807, 2.05) is 0 Å². The SMILES string of the molecule is CC(C)[C@H](NC(=O)[C@H](Cc1ccccc1)NC(=O)[C@H](Cc1ccccc1)NC(=O)[C@@H](N)Cc1ccc(Cl)cc1)C(=O)N[C@@H](CC(N)=O)C(=O)N[C@@H](CS)C(=O)N1CCC[C@H]1C(=O)N[C@@H](CCCN=C(N)N)C(=O)NCC(N)=O. The third-order valence-electron chi connectivity index (χ3n) is 12.5. The normalized spacial score (nSPS) is 15.6. The second kappa shape index (κ2) is 31.5. The fraction of sp³-hybridized carbons (Fsp3) is 0.442. The van der Waals surface area contributed by atoms with Gasteiger partial charge in [0.25, 0.3) is 0 Å². The minimum atomic E-state index is -1.69. The van der Waals surface area contributed by atoms with E-state index in [4.69, 9.17) is 40.3 Å². The number of hydrogen-bond acceptors (Lipinski definition) is 13. The summed E-state index contributed by atoms with van der Waals surface area (Å²) in [7, 11) is 0. The summed E-state index contributed by atoms with van der Waals surface area (Å²) in [4.78, 5) is 140. The summed E-state index contributed by atoms with van der Waals surface area (Å²) in [6.07, 6.45) is 0.178. The van der Waals surface area contributed by atoms with Gasteiger partial charge in [-0.15, -0.1) is 0 Å². The summed E-state index contributed by atoms with van der Waals surface area (Å²) in [6.45, 7) is 2.91. The van der Waals surface area contributed by atoms with Crippen LogP contribution in [0.2, 0.25) is 5.02 Å². The molecular weight excluding hydrogens is 1050 g/mol. The van der Waals surface area contributed by atoms with E-state index in [0.29, 0.717) is 22.6 Å². The molecule has 78 heavy (non-hydrogen) atoms. The van der Waals surface area contributed by atoms with Crippen molar-refractivity contribution in [1.29, 1.82) is 0 Å². The summed E-state index contributed by atoms with van der Waals surface area (Å²) in [5.41, 5.74) is 29.9. The molecular formula is C52H71ClN14O10S. The number of hydrogen-bond donors (Lipinski definition) is 13. The molecule has 0 radical (unpaired) electrons. The summed E-state index contributed by atoms with van der Waals surface area (Å²) in [5.74, 6) is -9.26. The van der Waals surface area contributed by atoms with Crippen molar-refractivity contribution < 1.29 is 47.9 Å². The standard InChI is InChI=1S/C52H71ClN14O10S/c1-29(2)43(66-48(74)37(25-31-13-7-4-8-14-31)63-46(72)36(24-30-11-5-3-6-12-30)62-44(70)34(54)23-32-17-19-33(53)20-18-32)50(76)64-38(26-41(55)68)47(73)65-39(28-78)51(77)67-22-10-16-40(67)49(75)61-35(15-9-21-59-52(57)58)45(71)60-27-42(56)69/h3-8,11-14,17-20,29,34-40,43,78H,9-10,15-16,21-28,54H2,1-2H3,(H2,55,68)(H2,56,69)(H,60,71)(H,61,75)(H,62,70)(H,63,72)(H,64,76)(H,65,73)(H,66,74)(H4,57,58,59)/t34-,35-,36-,37-,38-,39-,40-,43-/m0/s1. The van der Waals surface area contributed by atoms with E-state index < -0.39 is 126 Å². The minimum Gasteiger partial charge on any atom is -0.370 e. The van der Waals surface area contributed by atoms with E-state index >= 15 is 0 Å². The second-order valence-corrected chi connectivity index (χ2v) is 19.8. The maximum Gasteiger partial charge on any atom is 0.246 e. The lowest BCUT2D eigenvalue weighted by Gasteiger charge is -2.30. The number of nitrogens with zero attached hydrogens (tertiary/aromatic N) is 2. The lowest BCUT2D eigenvalue weighted by Crippen LogP contribution is -2.61. The number of rotatable bonds is 30. The van der Waals surface area contributed by atoms with Crippen LogP contribution >= 0.6 is 24.2 Å². The van der Waals surface area contributed by atoms with E-state index in [1.54, 1.807) is 98.8 Å². The van der Waals surface area contributed by atoms with E-state index in [2.05, 4.69) is 54.8 Å². The Kier molecular flexibility index (Phi) is 25.3. The van der Waals surface area contributed by atoms with E-state index in [1.165, 1.54) is 4.90 Å². The molecule has 0 saturated carbocycles. The van der Waals surface area contributed by atoms with Crippen LogP contribution in [0.5, 0.6) is 0 Å². The lowest BCUT2D eigenvalue weighted by molar-refractivity contribution is -0.142. The van der Waals surface area contributed by atoms with Gasteiger partial charge < -0.3 is 70.8 Å². The fourth-order valence-corrected chi connectivity index (χ4v) is 8.77. The molecule has 4 rings (SSSR count). The monoisotopic (exact) mass is 1120 g/mol. The summed E-state index contributed by atoms with van der Waals surface area (Å²) >= 11 is 10.3. The summed E-state index contributed by atoms with van der Waals surface area (Å²) < 4.78 is 0. The van der Waals surface area contributed by atoms with Gasteiger partial charge in [-0.05, 0) is 66.8 Å². The highest BCUT2D eigenvalue weighted by Gasteiger charge is 2.40. The zero-order chi connectivity index (χ0) is 57.5. The summed E-state index contributed by atoms with van der Waals surface area (Å²) in [6, 6.07) is 14.0. The van der Waals surface area contributed by atoms with Gasteiger partial charge in [0.05, 0.1) is 19.0 Å². The van der Waals surface area contributed by atoms with Gasteiger partial charge in [-0.2, -0.15) is 12.6 Å². The predicted molar refractivity (Wildman–Crippen MR) is 294 cm³/mol. The van der Waals surface area contributed by atoms with Gasteiger partial charge in [0, 0.05) is 36.7 Å². The smallest absolute Gasteiger partial charge is 0.246 e. The molecule has 0 spiro atoms. The first kappa shape index (κ1) is 62.8. The fourth-order valence-electron chi connectivity index (χ4n) is 8.40. The van der Waals surface area contributed by atoms with Crippen LogP contribution in [0.1, 0.15) is 62.6 Å². The topological polar surface area (TPSA) is 401 Å². The number of primary amides is 2. The lowest BCUT2D eigenvalue weighted by atomic mass is 9.99. The van der Waals surface area contributed by atoms with Gasteiger partial charge in [-0.1, -0.05) is 98.2 Å². The quantitative estimate of drug-likeness (QED) is 0.0145. The zero-order valence-electron chi connectivity index (χ0n) is 43.5. The molecule has 0 unspecified atom stereocenters. The van der Waals surface area contributed by atoms with Crippen LogP contribution in [0, 0.1) is 5.92 Å². The van der Waals surface area contributed by atoms with Crippen molar-refractivity contribution in [3.05, 3.63) is 107 Å². The Morgan fingerprint density at radius 2 is 1.15 bits per heavy atom. The molecule has 1 aliphatic heterocycles. The van der Waals surface area contributed by atoms with Crippen LogP contribution in [0.4, 0.5) is 0 Å². The zero-order valence-corrected chi connectivity index (χ0v) is 45.1. The van der Waals surface area contributed by atoms with Crippen molar-refractivity contribution >= 4 is 89.3 Å². The molecule has 1 heterocycles. The number of halogens is 1. The van der Waals surface area contributed by atoms with E-state index in [0.717, 1.165) is 5.56 Å². The molecule has 17 N–H and O–H groups in total. The van der Waals surface area contributed by atoms with Crippen LogP contribution in [-0.2, 0) is 67.2 Å². The van der Waals surface area contributed by atoms with E-state index in [-0.39, 0.29) is 63.3 Å². The maximum absolute atomic E-state index is 14.4. The molecule has 8 atom stereocenters. The van der Waals surface area contributed by atoms with Crippen LogP contribution < -0.4 is 65.9 Å². The minimum absolute atomic E-state index is 0.0185. The first-order valence-corrected chi connectivity index (χ1v) is 26.3. The molecule has 0 bridgehead atoms. The van der Waals surface area contributed by atoms with Gasteiger partial charge in [0.2, 0.25) is 59.1 Å². The third-order valence-corrected chi connectivity index (χ3v) is 13.1. The van der Waals surface area contributed by atoms with Crippen molar-refractivity contribution in [2.75, 3.05) is 25.4 Å². The molecule has 0 aliphatic carbocycles. The number of thiol groups is 1. The Labute approximate surface area is 462 Å². The highest BCUT2D eigenvalue weighted by atomic mass is 35.5. The van der Waals surface area contributed by atoms with Crippen LogP contribution in [-0.4, -0.2) is 144 Å². The molecule has 1 aliphatic rings. The number of carbonyl (C=O) groups excluding carboxylic acids is 10. The molecule has 1 fully saturated rings. The average Bonchev–Trinajstić information content (AvgIpc) is 3.90. The number of carbonyl (C=O) groups is 10. The van der Waals surface area contributed by atoms with Gasteiger partial charge >= 0.3 is 0 Å². The molecule has 422 valence electrons. The Morgan fingerprint density at radius 1 is 0.628 bits per heavy atom. The number of guanidine groups is 1. The van der Waals surface area contributed by atoms with Crippen molar-refractivity contribution in [2.24, 2.45) is 39.6 Å². The molecule has 0 aromatic heterocycles. The Bertz CT molecular complexity index is 2590. The molecule has 3 aromatic carbocycles. The van der Waals surface area contributed by atoms with Crippen molar-refractivity contribution in [3.63, 3.8) is 0 Å². The Hall–Kier alpha value is -7.77. The number of likely N-dealkylation sites (tertiary alicyclic amines) is 1. The van der Waals surface area contributed by atoms with Crippen LogP contribution in [0.25, 0.3) is 0 Å².